The van der Waals surface area contributed by atoms with E-state index in [0.717, 1.165) is 36.2 Å². The van der Waals surface area contributed by atoms with Gasteiger partial charge in [-0.05, 0) is 42.8 Å². The Hall–Kier alpha value is -1.06. The smallest absolute Gasteiger partial charge is 0.104 e. The van der Waals surface area contributed by atoms with Gasteiger partial charge in [0.05, 0.1) is 6.26 Å². The molecule has 0 aliphatic heterocycles. The summed E-state index contributed by atoms with van der Waals surface area (Å²) in [6.07, 6.45) is 3.84. The molecule has 0 fully saturated rings. The van der Waals surface area contributed by atoms with Gasteiger partial charge < -0.3 is 9.73 Å². The minimum Gasteiger partial charge on any atom is -0.469 e. The van der Waals surface area contributed by atoms with Gasteiger partial charge in [0, 0.05) is 23.4 Å². The second-order valence-electron chi connectivity index (χ2n) is 4.74. The molecule has 1 N–H and O–H groups in total. The topological polar surface area (TPSA) is 25.2 Å². The van der Waals surface area contributed by atoms with Gasteiger partial charge in [0.15, 0.2) is 0 Å². The maximum absolute atomic E-state index is 5.48. The predicted molar refractivity (Wildman–Crippen MR) is 82.5 cm³/mol. The predicted octanol–water partition coefficient (Wildman–Crippen LogP) is 4.37. The third kappa shape index (κ3) is 4.51. The van der Waals surface area contributed by atoms with E-state index in [9.17, 15) is 0 Å². The molecular formula is C16H20BrNO. The summed E-state index contributed by atoms with van der Waals surface area (Å²) >= 11 is 3.48. The molecule has 0 saturated carbocycles. The Kier molecular flexibility index (Phi) is 5.67. The lowest BCUT2D eigenvalue weighted by Crippen LogP contribution is -2.23. The number of benzene rings is 1. The van der Waals surface area contributed by atoms with Crippen molar-refractivity contribution >= 4 is 15.9 Å². The van der Waals surface area contributed by atoms with Crippen molar-refractivity contribution in [2.75, 3.05) is 13.1 Å². The fourth-order valence-corrected chi connectivity index (χ4v) is 2.43. The summed E-state index contributed by atoms with van der Waals surface area (Å²) in [5.74, 6) is 1.50. The fourth-order valence-electron chi connectivity index (χ4n) is 2.17. The number of hydrogen-bond donors (Lipinski definition) is 1. The first kappa shape index (κ1) is 14.4. The summed E-state index contributed by atoms with van der Waals surface area (Å²) < 4.78 is 6.60. The molecule has 2 aromatic rings. The van der Waals surface area contributed by atoms with Gasteiger partial charge in [-0.15, -0.1) is 0 Å². The first-order chi connectivity index (χ1) is 9.29. The molecule has 1 aromatic heterocycles. The average Bonchev–Trinajstić information content (AvgIpc) is 2.92. The van der Waals surface area contributed by atoms with Gasteiger partial charge in [-0.3, -0.25) is 0 Å². The monoisotopic (exact) mass is 321 g/mol. The Bertz CT molecular complexity index is 464. The minimum absolute atomic E-state index is 0.450. The zero-order valence-corrected chi connectivity index (χ0v) is 12.8. The van der Waals surface area contributed by atoms with Gasteiger partial charge in [-0.1, -0.05) is 35.0 Å². The lowest BCUT2D eigenvalue weighted by Gasteiger charge is -2.17. The van der Waals surface area contributed by atoms with Crippen molar-refractivity contribution in [2.24, 2.45) is 0 Å². The molecule has 2 nitrogen and oxygen atoms in total. The van der Waals surface area contributed by atoms with Crippen LogP contribution in [0.25, 0.3) is 0 Å². The Labute approximate surface area is 123 Å². The second-order valence-corrected chi connectivity index (χ2v) is 5.65. The highest BCUT2D eigenvalue weighted by molar-refractivity contribution is 9.10. The molecule has 1 aromatic carbocycles. The Morgan fingerprint density at radius 1 is 1.21 bits per heavy atom. The van der Waals surface area contributed by atoms with Crippen LogP contribution in [0.1, 0.15) is 30.6 Å². The van der Waals surface area contributed by atoms with Gasteiger partial charge in [0.1, 0.15) is 5.76 Å². The molecule has 1 unspecified atom stereocenters. The molecule has 0 spiro atoms. The summed E-state index contributed by atoms with van der Waals surface area (Å²) in [6.45, 7) is 4.23. The maximum atomic E-state index is 5.48. The van der Waals surface area contributed by atoms with Crippen LogP contribution >= 0.6 is 15.9 Å². The van der Waals surface area contributed by atoms with E-state index in [2.05, 4.69) is 52.4 Å². The Morgan fingerprint density at radius 2 is 2.00 bits per heavy atom. The molecule has 0 aliphatic rings. The Balaban J connectivity index is 2.06. The number of hydrogen-bond acceptors (Lipinski definition) is 2. The molecule has 0 saturated heterocycles. The molecule has 19 heavy (non-hydrogen) atoms. The van der Waals surface area contributed by atoms with Crippen molar-refractivity contribution in [3.63, 3.8) is 0 Å². The minimum atomic E-state index is 0.450. The lowest BCUT2D eigenvalue weighted by atomic mass is 9.94. The molecule has 1 heterocycles. The van der Waals surface area contributed by atoms with Crippen LogP contribution in [0.5, 0.6) is 0 Å². The molecule has 0 amide bonds. The van der Waals surface area contributed by atoms with Crippen LogP contribution in [0.4, 0.5) is 0 Å². The van der Waals surface area contributed by atoms with Crippen LogP contribution in [0, 0.1) is 0 Å². The van der Waals surface area contributed by atoms with Gasteiger partial charge in [-0.25, -0.2) is 0 Å². The van der Waals surface area contributed by atoms with Crippen LogP contribution in [0.15, 0.2) is 51.6 Å². The van der Waals surface area contributed by atoms with Crippen LogP contribution < -0.4 is 5.32 Å². The number of halogens is 1. The van der Waals surface area contributed by atoms with E-state index in [4.69, 9.17) is 4.42 Å². The molecule has 102 valence electrons. The summed E-state index contributed by atoms with van der Waals surface area (Å²) in [4.78, 5) is 0. The highest BCUT2D eigenvalue weighted by Crippen LogP contribution is 2.22. The van der Waals surface area contributed by atoms with E-state index in [-0.39, 0.29) is 0 Å². The largest absolute Gasteiger partial charge is 0.469 e. The summed E-state index contributed by atoms with van der Waals surface area (Å²) in [7, 11) is 0. The van der Waals surface area contributed by atoms with Crippen molar-refractivity contribution in [3.05, 3.63) is 58.5 Å². The van der Waals surface area contributed by atoms with Crippen molar-refractivity contribution in [1.29, 1.82) is 0 Å². The van der Waals surface area contributed by atoms with E-state index in [1.807, 2.05) is 12.1 Å². The molecule has 0 bridgehead atoms. The van der Waals surface area contributed by atoms with Crippen LogP contribution in [0.3, 0.4) is 0 Å². The van der Waals surface area contributed by atoms with Crippen LogP contribution in [-0.2, 0) is 6.42 Å². The van der Waals surface area contributed by atoms with Gasteiger partial charge in [0.2, 0.25) is 0 Å². The standard InChI is InChI=1S/C16H20BrNO/c1-2-9-18-12-14(11-16-4-3-10-19-16)13-5-7-15(17)8-6-13/h3-8,10,14,18H,2,9,11-12H2,1H3. The number of nitrogens with one attached hydrogen (secondary N) is 1. The maximum Gasteiger partial charge on any atom is 0.104 e. The summed E-state index contributed by atoms with van der Waals surface area (Å²) in [5, 5.41) is 3.51. The van der Waals surface area contributed by atoms with E-state index >= 15 is 0 Å². The molecule has 1 atom stereocenters. The SMILES string of the molecule is CCCNCC(Cc1ccco1)c1ccc(Br)cc1. The molecule has 0 radical (unpaired) electrons. The van der Waals surface area contributed by atoms with Crippen molar-refractivity contribution < 1.29 is 4.42 Å². The van der Waals surface area contributed by atoms with Gasteiger partial charge >= 0.3 is 0 Å². The summed E-state index contributed by atoms with van der Waals surface area (Å²) in [5.41, 5.74) is 1.35. The molecule has 3 heteroatoms. The highest BCUT2D eigenvalue weighted by Gasteiger charge is 2.13. The zero-order valence-electron chi connectivity index (χ0n) is 11.2. The third-order valence-electron chi connectivity index (χ3n) is 3.19. The first-order valence-corrected chi connectivity index (χ1v) is 7.57. The van der Waals surface area contributed by atoms with E-state index in [1.54, 1.807) is 6.26 Å². The first-order valence-electron chi connectivity index (χ1n) is 6.78. The molecular weight excluding hydrogens is 302 g/mol. The van der Waals surface area contributed by atoms with Crippen LogP contribution in [-0.4, -0.2) is 13.1 Å². The fraction of sp³-hybridized carbons (Fsp3) is 0.375. The number of furan rings is 1. The van der Waals surface area contributed by atoms with E-state index in [1.165, 1.54) is 5.56 Å². The summed E-state index contributed by atoms with van der Waals surface area (Å²) in [6, 6.07) is 12.6. The Morgan fingerprint density at radius 3 is 2.63 bits per heavy atom. The van der Waals surface area contributed by atoms with Gasteiger partial charge in [-0.2, -0.15) is 0 Å². The van der Waals surface area contributed by atoms with E-state index in [0.29, 0.717) is 5.92 Å². The highest BCUT2D eigenvalue weighted by atomic mass is 79.9. The quantitative estimate of drug-likeness (QED) is 0.766. The molecule has 2 rings (SSSR count). The van der Waals surface area contributed by atoms with Crippen molar-refractivity contribution in [3.8, 4) is 0 Å². The average molecular weight is 322 g/mol. The second kappa shape index (κ2) is 7.51. The van der Waals surface area contributed by atoms with Gasteiger partial charge in [0.25, 0.3) is 0 Å². The van der Waals surface area contributed by atoms with Crippen LogP contribution in [0.2, 0.25) is 0 Å². The zero-order chi connectivity index (χ0) is 13.5. The number of rotatable bonds is 7. The normalized spacial score (nSPS) is 12.5. The van der Waals surface area contributed by atoms with E-state index < -0.39 is 0 Å². The third-order valence-corrected chi connectivity index (χ3v) is 3.72. The molecule has 0 aliphatic carbocycles. The lowest BCUT2D eigenvalue weighted by molar-refractivity contribution is 0.473. The van der Waals surface area contributed by atoms with Crippen molar-refractivity contribution in [1.82, 2.24) is 5.32 Å². The van der Waals surface area contributed by atoms with Crippen molar-refractivity contribution in [2.45, 2.75) is 25.7 Å².